The van der Waals surface area contributed by atoms with Crippen molar-refractivity contribution in [2.24, 2.45) is 5.41 Å². The van der Waals surface area contributed by atoms with Crippen molar-refractivity contribution in [3.05, 3.63) is 42.0 Å². The number of piperidine rings is 1. The molecule has 1 amide bonds. The number of benzene rings is 1. The van der Waals surface area contributed by atoms with Gasteiger partial charge in [-0.3, -0.25) is 4.79 Å². The van der Waals surface area contributed by atoms with E-state index in [-0.39, 0.29) is 38.2 Å². The van der Waals surface area contributed by atoms with Gasteiger partial charge in [0.1, 0.15) is 0 Å². The summed E-state index contributed by atoms with van der Waals surface area (Å²) in [5.41, 5.74) is 1.05. The first kappa shape index (κ1) is 22.3. The molecule has 1 fully saturated rings. The molecule has 164 valence electrons. The molecule has 0 atom stereocenters. The molecule has 0 bridgehead atoms. The lowest BCUT2D eigenvalue weighted by Gasteiger charge is -2.39. The third kappa shape index (κ3) is 4.67. The molecule has 0 aromatic heterocycles. The highest BCUT2D eigenvalue weighted by Crippen LogP contribution is 2.36. The number of ether oxygens (including phenoxy) is 2. The van der Waals surface area contributed by atoms with Crippen molar-refractivity contribution in [3.8, 4) is 0 Å². The zero-order chi connectivity index (χ0) is 21.8. The number of sulfonamides is 1. The first-order valence-electron chi connectivity index (χ1n) is 9.95. The fraction of sp³-hybridized carbons (Fsp3) is 0.524. The van der Waals surface area contributed by atoms with Gasteiger partial charge in [0.15, 0.2) is 0 Å². The van der Waals surface area contributed by atoms with Gasteiger partial charge in [0.2, 0.25) is 10.0 Å². The van der Waals surface area contributed by atoms with E-state index in [1.165, 1.54) is 23.4 Å². The summed E-state index contributed by atoms with van der Waals surface area (Å²) < 4.78 is 37.5. The summed E-state index contributed by atoms with van der Waals surface area (Å²) in [6.07, 6.45) is 2.50. The first-order valence-corrected chi connectivity index (χ1v) is 11.6. The van der Waals surface area contributed by atoms with E-state index < -0.39 is 27.5 Å². The molecule has 0 radical (unpaired) electrons. The number of rotatable bonds is 5. The van der Waals surface area contributed by atoms with Crippen LogP contribution in [0, 0.1) is 5.41 Å². The summed E-state index contributed by atoms with van der Waals surface area (Å²) in [6, 6.07) is 9.89. The summed E-state index contributed by atoms with van der Waals surface area (Å²) >= 11 is 0. The Morgan fingerprint density at radius 1 is 1.03 bits per heavy atom. The van der Waals surface area contributed by atoms with Crippen molar-refractivity contribution < 1.29 is 27.5 Å². The van der Waals surface area contributed by atoms with Crippen LogP contribution in [0.2, 0.25) is 0 Å². The summed E-state index contributed by atoms with van der Waals surface area (Å²) in [4.78, 5) is 25.8. The average molecular weight is 437 g/mol. The summed E-state index contributed by atoms with van der Waals surface area (Å²) in [7, 11) is -1.13. The summed E-state index contributed by atoms with van der Waals surface area (Å²) in [5, 5.41) is 0. The number of methoxy groups -OCH3 is 2. The summed E-state index contributed by atoms with van der Waals surface area (Å²) in [5.74, 6) is -0.871. The van der Waals surface area contributed by atoms with Crippen LogP contribution in [0.15, 0.2) is 36.4 Å². The SMILES string of the molecule is COC(=O)N1CCC(CS(=O)(=O)N2CC=C(c3ccccc3)CC2)(C(=O)OC)CC1. The minimum absolute atomic E-state index is 0.215. The van der Waals surface area contributed by atoms with E-state index in [0.717, 1.165) is 11.1 Å². The molecular formula is C21H28N2O6S. The van der Waals surface area contributed by atoms with Gasteiger partial charge < -0.3 is 14.4 Å². The molecule has 0 spiro atoms. The Hall–Kier alpha value is -2.39. The van der Waals surface area contributed by atoms with Crippen LogP contribution in [-0.2, 0) is 24.3 Å². The van der Waals surface area contributed by atoms with E-state index in [1.54, 1.807) is 0 Å². The molecule has 2 heterocycles. The van der Waals surface area contributed by atoms with Gasteiger partial charge in [-0.15, -0.1) is 0 Å². The lowest BCUT2D eigenvalue weighted by molar-refractivity contribution is -0.154. The van der Waals surface area contributed by atoms with Crippen LogP contribution < -0.4 is 0 Å². The molecule has 2 aliphatic heterocycles. The molecule has 1 aromatic carbocycles. The molecular weight excluding hydrogens is 408 g/mol. The van der Waals surface area contributed by atoms with Gasteiger partial charge in [-0.1, -0.05) is 36.4 Å². The quantitative estimate of drug-likeness (QED) is 0.657. The molecule has 30 heavy (non-hydrogen) atoms. The molecule has 1 aromatic rings. The van der Waals surface area contributed by atoms with Crippen LogP contribution in [0.4, 0.5) is 4.79 Å². The van der Waals surface area contributed by atoms with Gasteiger partial charge in [0.25, 0.3) is 0 Å². The van der Waals surface area contributed by atoms with Crippen LogP contribution in [0.1, 0.15) is 24.8 Å². The van der Waals surface area contributed by atoms with Gasteiger partial charge in [-0.25, -0.2) is 13.2 Å². The number of hydrogen-bond donors (Lipinski definition) is 0. The summed E-state index contributed by atoms with van der Waals surface area (Å²) in [6.45, 7) is 1.14. The number of likely N-dealkylation sites (tertiary alicyclic amines) is 1. The van der Waals surface area contributed by atoms with Crippen LogP contribution in [0.25, 0.3) is 5.57 Å². The topological polar surface area (TPSA) is 93.2 Å². The second-order valence-corrected chi connectivity index (χ2v) is 9.66. The van der Waals surface area contributed by atoms with E-state index in [9.17, 15) is 18.0 Å². The molecule has 0 N–H and O–H groups in total. The van der Waals surface area contributed by atoms with E-state index in [2.05, 4.69) is 0 Å². The van der Waals surface area contributed by atoms with Crippen LogP contribution >= 0.6 is 0 Å². The minimum Gasteiger partial charge on any atom is -0.469 e. The molecule has 3 rings (SSSR count). The van der Waals surface area contributed by atoms with Gasteiger partial charge in [-0.05, 0) is 30.4 Å². The number of amides is 1. The smallest absolute Gasteiger partial charge is 0.409 e. The first-order chi connectivity index (χ1) is 14.3. The second kappa shape index (κ2) is 9.18. The molecule has 0 saturated carbocycles. The largest absolute Gasteiger partial charge is 0.469 e. The standard InChI is InChI=1S/C21H28N2O6S/c1-28-19(24)21(10-14-22(15-11-21)20(25)29-2)16-30(26,27)23-12-8-18(9-13-23)17-6-4-3-5-7-17/h3-8H,9-16H2,1-2H3. The van der Waals surface area contributed by atoms with Crippen LogP contribution in [-0.4, -0.2) is 75.8 Å². The molecule has 0 aliphatic carbocycles. The molecule has 2 aliphatic rings. The zero-order valence-electron chi connectivity index (χ0n) is 17.4. The monoisotopic (exact) mass is 436 g/mol. The number of carbonyl (C=O) groups is 2. The highest BCUT2D eigenvalue weighted by Gasteiger charge is 2.48. The molecule has 1 saturated heterocycles. The van der Waals surface area contributed by atoms with Crippen LogP contribution in [0.5, 0.6) is 0 Å². The molecule has 8 nitrogen and oxygen atoms in total. The fourth-order valence-corrected chi connectivity index (χ4v) is 6.09. The number of nitrogens with zero attached hydrogens (tertiary/aromatic N) is 2. The van der Waals surface area contributed by atoms with Crippen molar-refractivity contribution in [2.75, 3.05) is 46.2 Å². The maximum Gasteiger partial charge on any atom is 0.409 e. The van der Waals surface area contributed by atoms with E-state index in [0.29, 0.717) is 13.0 Å². The number of esters is 1. The van der Waals surface area contributed by atoms with Crippen molar-refractivity contribution in [1.82, 2.24) is 9.21 Å². The Balaban J connectivity index is 1.73. The molecule has 9 heteroatoms. The average Bonchev–Trinajstić information content (AvgIpc) is 2.79. The Morgan fingerprint density at radius 2 is 1.70 bits per heavy atom. The highest BCUT2D eigenvalue weighted by atomic mass is 32.2. The highest BCUT2D eigenvalue weighted by molar-refractivity contribution is 7.89. The van der Waals surface area contributed by atoms with Gasteiger partial charge in [0, 0.05) is 26.2 Å². The Labute approximate surface area is 177 Å². The van der Waals surface area contributed by atoms with Crippen molar-refractivity contribution in [2.45, 2.75) is 19.3 Å². The van der Waals surface area contributed by atoms with Crippen molar-refractivity contribution in [1.29, 1.82) is 0 Å². The maximum atomic E-state index is 13.2. The van der Waals surface area contributed by atoms with Crippen molar-refractivity contribution in [3.63, 3.8) is 0 Å². The predicted molar refractivity (Wildman–Crippen MR) is 112 cm³/mol. The zero-order valence-corrected chi connectivity index (χ0v) is 18.2. The van der Waals surface area contributed by atoms with E-state index >= 15 is 0 Å². The van der Waals surface area contributed by atoms with E-state index in [1.807, 2.05) is 36.4 Å². The van der Waals surface area contributed by atoms with Gasteiger partial charge >= 0.3 is 12.1 Å². The Morgan fingerprint density at radius 3 is 2.23 bits per heavy atom. The Kier molecular flexibility index (Phi) is 6.82. The van der Waals surface area contributed by atoms with Gasteiger partial charge in [-0.2, -0.15) is 4.31 Å². The lowest BCUT2D eigenvalue weighted by Crippen LogP contribution is -2.52. The Bertz CT molecular complexity index is 905. The second-order valence-electron chi connectivity index (χ2n) is 7.69. The normalized spacial score (nSPS) is 19.7. The van der Waals surface area contributed by atoms with Crippen molar-refractivity contribution >= 4 is 27.7 Å². The third-order valence-corrected chi connectivity index (χ3v) is 7.98. The van der Waals surface area contributed by atoms with E-state index in [4.69, 9.17) is 9.47 Å². The van der Waals surface area contributed by atoms with Gasteiger partial charge in [0.05, 0.1) is 25.4 Å². The predicted octanol–water partition coefficient (Wildman–Crippen LogP) is 2.13. The van der Waals surface area contributed by atoms with Crippen LogP contribution in [0.3, 0.4) is 0 Å². The fourth-order valence-electron chi connectivity index (χ4n) is 4.13. The minimum atomic E-state index is -3.69. The number of hydrogen-bond acceptors (Lipinski definition) is 6. The number of carbonyl (C=O) groups excluding carboxylic acids is 2. The maximum absolute atomic E-state index is 13.2. The lowest BCUT2D eigenvalue weighted by atomic mass is 9.80. The molecule has 0 unspecified atom stereocenters. The third-order valence-electron chi connectivity index (χ3n) is 5.94.